The third-order valence-electron chi connectivity index (χ3n) is 3.44. The highest BCUT2D eigenvalue weighted by Gasteiger charge is 1.98. The first-order valence-corrected chi connectivity index (χ1v) is 7.97. The molecule has 0 aromatic carbocycles. The third-order valence-corrected chi connectivity index (χ3v) is 3.44. The summed E-state index contributed by atoms with van der Waals surface area (Å²) in [4.78, 5) is 0. The summed E-state index contributed by atoms with van der Waals surface area (Å²) in [5, 5.41) is 0. The van der Waals surface area contributed by atoms with Crippen molar-refractivity contribution in [2.45, 2.75) is 72.1 Å². The van der Waals surface area contributed by atoms with Gasteiger partial charge in [0, 0.05) is 6.42 Å². The largest absolute Gasteiger partial charge is 0.120 e. The Bertz CT molecular complexity index is 277. The lowest BCUT2D eigenvalue weighted by Gasteiger charge is -2.06. The highest BCUT2D eigenvalue weighted by Crippen LogP contribution is 2.14. The van der Waals surface area contributed by atoms with Crippen molar-refractivity contribution in [3.05, 3.63) is 24.3 Å². The number of hydrogen-bond acceptors (Lipinski definition) is 0. The maximum atomic E-state index is 5.22. The van der Waals surface area contributed by atoms with Crippen LogP contribution in [0.15, 0.2) is 24.3 Å². The number of rotatable bonds is 11. The zero-order valence-electron chi connectivity index (χ0n) is 13.2. The Balaban J connectivity index is 3.60. The molecule has 0 aliphatic carbocycles. The molecule has 0 aromatic heterocycles. The van der Waals surface area contributed by atoms with E-state index in [0.717, 1.165) is 18.8 Å². The summed E-state index contributed by atoms with van der Waals surface area (Å²) < 4.78 is 0. The molecule has 0 nitrogen and oxygen atoms in total. The molecule has 0 aliphatic rings. The minimum absolute atomic E-state index is 0.598. The molecule has 0 heterocycles. The predicted octanol–water partition coefficient (Wildman–Crippen LogP) is 6.14. The molecule has 108 valence electrons. The van der Waals surface area contributed by atoms with Gasteiger partial charge in [-0.2, -0.15) is 0 Å². The van der Waals surface area contributed by atoms with Gasteiger partial charge in [0.1, 0.15) is 0 Å². The first-order valence-electron chi connectivity index (χ1n) is 7.97. The molecular weight excluding hydrogens is 228 g/mol. The van der Waals surface area contributed by atoms with E-state index in [0.29, 0.717) is 5.92 Å². The van der Waals surface area contributed by atoms with Gasteiger partial charge in [0.15, 0.2) is 0 Å². The number of allylic oxidation sites excluding steroid dienone is 4. The molecule has 19 heavy (non-hydrogen) atoms. The Morgan fingerprint density at radius 3 is 2.32 bits per heavy atom. The summed E-state index contributed by atoms with van der Waals surface area (Å²) in [7, 11) is 0. The van der Waals surface area contributed by atoms with E-state index in [2.05, 4.69) is 51.0 Å². The lowest BCUT2D eigenvalue weighted by molar-refractivity contribution is 0.549. The minimum Gasteiger partial charge on any atom is -0.120 e. The van der Waals surface area contributed by atoms with Crippen molar-refractivity contribution in [3.63, 3.8) is 0 Å². The van der Waals surface area contributed by atoms with E-state index < -0.39 is 0 Å². The third kappa shape index (κ3) is 13.3. The van der Waals surface area contributed by atoms with Crippen LogP contribution in [0.4, 0.5) is 0 Å². The fourth-order valence-corrected chi connectivity index (χ4v) is 2.14. The van der Waals surface area contributed by atoms with Gasteiger partial charge in [-0.15, -0.1) is 12.3 Å². The van der Waals surface area contributed by atoms with Gasteiger partial charge < -0.3 is 0 Å². The standard InChI is InChI=1S/C19H32/c1-5-7-9-10-12-15-19(4)17-13-16-18(3)14-11-8-6-2/h2,11,13-14,17-19H,5,7-10,12,15-16H2,1,3-4H3. The molecule has 0 saturated heterocycles. The van der Waals surface area contributed by atoms with Gasteiger partial charge in [0.2, 0.25) is 0 Å². The Morgan fingerprint density at radius 2 is 1.63 bits per heavy atom. The van der Waals surface area contributed by atoms with E-state index >= 15 is 0 Å². The van der Waals surface area contributed by atoms with Crippen LogP contribution in [0.5, 0.6) is 0 Å². The number of terminal acetylenes is 1. The van der Waals surface area contributed by atoms with Crippen LogP contribution < -0.4 is 0 Å². The molecule has 0 aliphatic heterocycles. The molecular formula is C19H32. The number of hydrogen-bond donors (Lipinski definition) is 0. The maximum absolute atomic E-state index is 5.22. The summed E-state index contributed by atoms with van der Waals surface area (Å²) >= 11 is 0. The monoisotopic (exact) mass is 260 g/mol. The number of unbranched alkanes of at least 4 members (excludes halogenated alkanes) is 4. The predicted molar refractivity (Wildman–Crippen MR) is 88.1 cm³/mol. The fourth-order valence-electron chi connectivity index (χ4n) is 2.14. The van der Waals surface area contributed by atoms with E-state index in [1.165, 1.54) is 38.5 Å². The van der Waals surface area contributed by atoms with E-state index in [-0.39, 0.29) is 0 Å². The van der Waals surface area contributed by atoms with Crippen molar-refractivity contribution in [1.82, 2.24) is 0 Å². The van der Waals surface area contributed by atoms with Crippen LogP contribution in [0.2, 0.25) is 0 Å². The lowest BCUT2D eigenvalue weighted by Crippen LogP contribution is -1.91. The Kier molecular flexibility index (Phi) is 12.8. The molecule has 0 amide bonds. The summed E-state index contributed by atoms with van der Waals surface area (Å²) in [6.45, 7) is 6.84. The molecule has 2 atom stereocenters. The van der Waals surface area contributed by atoms with Crippen LogP contribution in [0.3, 0.4) is 0 Å². The second-order valence-electron chi connectivity index (χ2n) is 5.66. The Morgan fingerprint density at radius 1 is 0.947 bits per heavy atom. The van der Waals surface area contributed by atoms with Crippen molar-refractivity contribution in [1.29, 1.82) is 0 Å². The molecule has 0 radical (unpaired) electrons. The first-order chi connectivity index (χ1) is 9.20. The van der Waals surface area contributed by atoms with Gasteiger partial charge >= 0.3 is 0 Å². The fraction of sp³-hybridized carbons (Fsp3) is 0.684. The average Bonchev–Trinajstić information content (AvgIpc) is 2.39. The van der Waals surface area contributed by atoms with Gasteiger partial charge in [0.25, 0.3) is 0 Å². The van der Waals surface area contributed by atoms with Crippen LogP contribution in [0.25, 0.3) is 0 Å². The van der Waals surface area contributed by atoms with Crippen LogP contribution in [0.1, 0.15) is 72.1 Å². The average molecular weight is 260 g/mol. The van der Waals surface area contributed by atoms with Crippen LogP contribution in [0, 0.1) is 24.2 Å². The minimum atomic E-state index is 0.598. The lowest BCUT2D eigenvalue weighted by atomic mass is 10.00. The van der Waals surface area contributed by atoms with Crippen molar-refractivity contribution < 1.29 is 0 Å². The van der Waals surface area contributed by atoms with E-state index in [1.807, 2.05) is 0 Å². The van der Waals surface area contributed by atoms with Gasteiger partial charge in [0.05, 0.1) is 0 Å². The van der Waals surface area contributed by atoms with E-state index in [1.54, 1.807) is 0 Å². The van der Waals surface area contributed by atoms with Crippen molar-refractivity contribution in [2.24, 2.45) is 11.8 Å². The molecule has 0 bridgehead atoms. The van der Waals surface area contributed by atoms with Crippen LogP contribution >= 0.6 is 0 Å². The quantitative estimate of drug-likeness (QED) is 0.237. The molecule has 2 unspecified atom stereocenters. The zero-order chi connectivity index (χ0) is 14.3. The first kappa shape index (κ1) is 18.0. The topological polar surface area (TPSA) is 0 Å². The van der Waals surface area contributed by atoms with Gasteiger partial charge in [-0.3, -0.25) is 0 Å². The Labute approximate surface area is 121 Å². The SMILES string of the molecule is C#CCC=CC(C)CC=CC(C)CCCCCCC. The maximum Gasteiger partial charge on any atom is 0.0267 e. The van der Waals surface area contributed by atoms with Crippen molar-refractivity contribution in [3.8, 4) is 12.3 Å². The highest BCUT2D eigenvalue weighted by atomic mass is 14.0. The second-order valence-corrected chi connectivity index (χ2v) is 5.66. The highest BCUT2D eigenvalue weighted by molar-refractivity contribution is 4.99. The Hall–Kier alpha value is -0.960. The second kappa shape index (κ2) is 13.5. The molecule has 0 fully saturated rings. The van der Waals surface area contributed by atoms with Gasteiger partial charge in [-0.05, 0) is 24.7 Å². The molecule has 0 rings (SSSR count). The summed E-state index contributed by atoms with van der Waals surface area (Å²) in [5.41, 5.74) is 0. The van der Waals surface area contributed by atoms with E-state index in [9.17, 15) is 0 Å². The van der Waals surface area contributed by atoms with Crippen molar-refractivity contribution >= 4 is 0 Å². The zero-order valence-corrected chi connectivity index (χ0v) is 13.2. The van der Waals surface area contributed by atoms with Crippen LogP contribution in [-0.4, -0.2) is 0 Å². The van der Waals surface area contributed by atoms with Gasteiger partial charge in [-0.25, -0.2) is 0 Å². The smallest absolute Gasteiger partial charge is 0.0267 e. The summed E-state index contributed by atoms with van der Waals surface area (Å²) in [6.07, 6.45) is 24.4. The molecule has 0 heteroatoms. The molecule has 0 N–H and O–H groups in total. The van der Waals surface area contributed by atoms with Crippen molar-refractivity contribution in [2.75, 3.05) is 0 Å². The van der Waals surface area contributed by atoms with Crippen LogP contribution in [-0.2, 0) is 0 Å². The summed E-state index contributed by atoms with van der Waals surface area (Å²) in [5.74, 6) is 3.95. The van der Waals surface area contributed by atoms with E-state index in [4.69, 9.17) is 6.42 Å². The molecule has 0 aromatic rings. The molecule has 0 saturated carbocycles. The normalized spacial score (nSPS) is 14.8. The molecule has 0 spiro atoms. The van der Waals surface area contributed by atoms with Gasteiger partial charge in [-0.1, -0.05) is 77.2 Å². The summed E-state index contributed by atoms with van der Waals surface area (Å²) in [6, 6.07) is 0.